The summed E-state index contributed by atoms with van der Waals surface area (Å²) in [4.78, 5) is 12.7. The number of hydrogen-bond acceptors (Lipinski definition) is 7. The molecule has 0 aliphatic heterocycles. The van der Waals surface area contributed by atoms with Crippen LogP contribution in [0.15, 0.2) is 30.3 Å². The number of phenolic OH excluding ortho intramolecular Hbond substituents is 2. The van der Waals surface area contributed by atoms with Crippen LogP contribution in [0.2, 0.25) is 0 Å². The van der Waals surface area contributed by atoms with Gasteiger partial charge in [0.2, 0.25) is 0 Å². The SMILES string of the molecule is COc1ccc(N(C(=N)C(N)=O)C(=N)c2cc(C(C)C)c(O)cc2O)c(OC)c1. The van der Waals surface area contributed by atoms with Crippen LogP contribution in [0.25, 0.3) is 0 Å². The minimum Gasteiger partial charge on any atom is -0.508 e. The number of benzene rings is 2. The van der Waals surface area contributed by atoms with Crippen LogP contribution in [0, 0.1) is 10.8 Å². The Morgan fingerprint density at radius 1 is 1.07 bits per heavy atom. The number of primary amides is 1. The first-order valence-electron chi connectivity index (χ1n) is 8.67. The van der Waals surface area contributed by atoms with E-state index in [4.69, 9.17) is 26.0 Å². The summed E-state index contributed by atoms with van der Waals surface area (Å²) in [7, 11) is 2.87. The molecule has 0 fully saturated rings. The molecule has 6 N–H and O–H groups in total. The number of carbonyl (C=O) groups excluding carboxylic acids is 1. The Bertz CT molecular complexity index is 972. The summed E-state index contributed by atoms with van der Waals surface area (Å²) >= 11 is 0. The molecular weight excluding hydrogens is 376 g/mol. The number of hydrogen-bond donors (Lipinski definition) is 5. The van der Waals surface area contributed by atoms with Gasteiger partial charge in [-0.3, -0.25) is 20.5 Å². The second kappa shape index (κ2) is 8.51. The van der Waals surface area contributed by atoms with Crippen LogP contribution in [0.3, 0.4) is 0 Å². The molecule has 0 bridgehead atoms. The monoisotopic (exact) mass is 400 g/mol. The van der Waals surface area contributed by atoms with Gasteiger partial charge in [0, 0.05) is 12.1 Å². The highest BCUT2D eigenvalue weighted by molar-refractivity contribution is 6.48. The largest absolute Gasteiger partial charge is 0.508 e. The number of anilines is 1. The molecule has 0 aliphatic rings. The molecule has 0 aromatic heterocycles. The molecule has 154 valence electrons. The van der Waals surface area contributed by atoms with Crippen molar-refractivity contribution in [3.8, 4) is 23.0 Å². The normalized spacial score (nSPS) is 10.5. The van der Waals surface area contributed by atoms with Gasteiger partial charge in [0.05, 0.1) is 25.5 Å². The van der Waals surface area contributed by atoms with Gasteiger partial charge in [0.15, 0.2) is 5.84 Å². The Balaban J connectivity index is 2.70. The number of phenols is 2. The molecule has 2 aromatic carbocycles. The van der Waals surface area contributed by atoms with E-state index in [-0.39, 0.29) is 34.4 Å². The molecule has 0 radical (unpaired) electrons. The van der Waals surface area contributed by atoms with Gasteiger partial charge in [-0.2, -0.15) is 0 Å². The summed E-state index contributed by atoms with van der Waals surface area (Å²) in [6, 6.07) is 7.17. The lowest BCUT2D eigenvalue weighted by Crippen LogP contribution is -2.44. The van der Waals surface area contributed by atoms with E-state index in [0.29, 0.717) is 11.3 Å². The Morgan fingerprint density at radius 2 is 1.72 bits per heavy atom. The molecule has 0 spiro atoms. The molecular formula is C20H24N4O5. The molecule has 9 heteroatoms. The average Bonchev–Trinajstić information content (AvgIpc) is 2.67. The third-order valence-corrected chi connectivity index (χ3v) is 4.33. The van der Waals surface area contributed by atoms with Crippen LogP contribution in [-0.2, 0) is 4.79 Å². The number of methoxy groups -OCH3 is 2. The van der Waals surface area contributed by atoms with Crippen molar-refractivity contribution in [2.75, 3.05) is 19.1 Å². The zero-order valence-electron chi connectivity index (χ0n) is 16.6. The van der Waals surface area contributed by atoms with Crippen molar-refractivity contribution >= 4 is 23.3 Å². The third kappa shape index (κ3) is 4.23. The molecule has 2 aromatic rings. The number of ether oxygens (including phenoxy) is 2. The van der Waals surface area contributed by atoms with Crippen molar-refractivity contribution in [3.63, 3.8) is 0 Å². The summed E-state index contributed by atoms with van der Waals surface area (Å²) in [5.74, 6) is -2.07. The lowest BCUT2D eigenvalue weighted by atomic mass is 9.98. The number of nitrogens with two attached hydrogens (primary N) is 1. The van der Waals surface area contributed by atoms with E-state index in [9.17, 15) is 15.0 Å². The van der Waals surface area contributed by atoms with E-state index in [0.717, 1.165) is 11.0 Å². The van der Waals surface area contributed by atoms with Crippen molar-refractivity contribution < 1.29 is 24.5 Å². The summed E-state index contributed by atoms with van der Waals surface area (Å²) in [5, 5.41) is 37.1. The van der Waals surface area contributed by atoms with Gasteiger partial charge in [0.25, 0.3) is 5.91 Å². The topological polar surface area (TPSA) is 153 Å². The van der Waals surface area contributed by atoms with Crippen molar-refractivity contribution in [2.45, 2.75) is 19.8 Å². The molecule has 0 saturated carbocycles. The number of nitrogens with one attached hydrogen (secondary N) is 2. The summed E-state index contributed by atoms with van der Waals surface area (Å²) in [5.41, 5.74) is 5.99. The fourth-order valence-electron chi connectivity index (χ4n) is 2.80. The molecule has 2 rings (SSSR count). The highest BCUT2D eigenvalue weighted by atomic mass is 16.5. The first-order chi connectivity index (χ1) is 13.6. The number of amides is 1. The zero-order valence-corrected chi connectivity index (χ0v) is 16.6. The quantitative estimate of drug-likeness (QED) is 0.384. The van der Waals surface area contributed by atoms with Crippen molar-refractivity contribution in [1.82, 2.24) is 0 Å². The lowest BCUT2D eigenvalue weighted by molar-refractivity contribution is -0.112. The van der Waals surface area contributed by atoms with Crippen LogP contribution in [0.1, 0.15) is 30.9 Å². The van der Waals surface area contributed by atoms with Crippen molar-refractivity contribution in [2.24, 2.45) is 5.73 Å². The van der Waals surface area contributed by atoms with Crippen LogP contribution < -0.4 is 20.1 Å². The van der Waals surface area contributed by atoms with Gasteiger partial charge in [-0.05, 0) is 29.7 Å². The van der Waals surface area contributed by atoms with Gasteiger partial charge in [-0.15, -0.1) is 0 Å². The fourth-order valence-corrected chi connectivity index (χ4v) is 2.80. The minimum atomic E-state index is -1.07. The molecule has 0 heterocycles. The van der Waals surface area contributed by atoms with Crippen molar-refractivity contribution in [3.05, 3.63) is 41.5 Å². The maximum atomic E-state index is 11.8. The Hall–Kier alpha value is -3.75. The number of carbonyl (C=O) groups is 1. The summed E-state index contributed by atoms with van der Waals surface area (Å²) in [6.45, 7) is 3.68. The van der Waals surface area contributed by atoms with E-state index in [1.54, 1.807) is 6.07 Å². The van der Waals surface area contributed by atoms with Gasteiger partial charge in [-0.25, -0.2) is 0 Å². The number of rotatable bonds is 5. The predicted molar refractivity (Wildman–Crippen MR) is 110 cm³/mol. The molecule has 0 aliphatic carbocycles. The first kappa shape index (κ1) is 21.5. The molecule has 0 atom stereocenters. The van der Waals surface area contributed by atoms with Crippen molar-refractivity contribution in [1.29, 1.82) is 10.8 Å². The van der Waals surface area contributed by atoms with Gasteiger partial charge in [0.1, 0.15) is 28.8 Å². The second-order valence-electron chi connectivity index (χ2n) is 6.52. The lowest BCUT2D eigenvalue weighted by Gasteiger charge is -2.27. The van der Waals surface area contributed by atoms with Crippen LogP contribution in [0.4, 0.5) is 5.69 Å². The highest BCUT2D eigenvalue weighted by Gasteiger charge is 2.28. The number of nitrogens with zero attached hydrogens (tertiary/aromatic N) is 1. The Morgan fingerprint density at radius 3 is 2.24 bits per heavy atom. The van der Waals surface area contributed by atoms with E-state index >= 15 is 0 Å². The number of aromatic hydroxyl groups is 2. The smallest absolute Gasteiger partial charge is 0.284 e. The molecule has 9 nitrogen and oxygen atoms in total. The van der Waals surface area contributed by atoms with Crippen LogP contribution >= 0.6 is 0 Å². The van der Waals surface area contributed by atoms with Gasteiger partial charge >= 0.3 is 0 Å². The Labute approximate surface area is 168 Å². The standard InChI is InChI=1S/C20H24N4O5/c1-10(2)12-8-13(16(26)9-15(12)25)18(21)24(19(22)20(23)27)14-6-5-11(28-3)7-17(14)29-4/h5-10,21-22,25-26H,1-4H3,(H2,23,27). The first-order valence-corrected chi connectivity index (χ1v) is 8.67. The van der Waals surface area contributed by atoms with E-state index in [1.807, 2.05) is 13.8 Å². The van der Waals surface area contributed by atoms with Crippen LogP contribution in [-0.4, -0.2) is 42.0 Å². The maximum Gasteiger partial charge on any atom is 0.284 e. The van der Waals surface area contributed by atoms with Gasteiger partial charge in [-0.1, -0.05) is 13.8 Å². The fraction of sp³-hybridized carbons (Fsp3) is 0.250. The summed E-state index contributed by atoms with van der Waals surface area (Å²) in [6.07, 6.45) is 0. The Kier molecular flexibility index (Phi) is 6.32. The highest BCUT2D eigenvalue weighted by Crippen LogP contribution is 2.36. The van der Waals surface area contributed by atoms with Crippen LogP contribution in [0.5, 0.6) is 23.0 Å². The average molecular weight is 400 g/mol. The minimum absolute atomic E-state index is 0.00960. The predicted octanol–water partition coefficient (Wildman–Crippen LogP) is 2.53. The molecule has 1 amide bonds. The zero-order chi connectivity index (χ0) is 21.9. The van der Waals surface area contributed by atoms with E-state index < -0.39 is 17.6 Å². The second-order valence-corrected chi connectivity index (χ2v) is 6.52. The maximum absolute atomic E-state index is 11.8. The van der Waals surface area contributed by atoms with Gasteiger partial charge < -0.3 is 25.4 Å². The molecule has 0 saturated heterocycles. The van der Waals surface area contributed by atoms with E-state index in [1.165, 1.54) is 32.4 Å². The number of amidine groups is 2. The third-order valence-electron chi connectivity index (χ3n) is 4.33. The molecule has 0 unspecified atom stereocenters. The van der Waals surface area contributed by atoms with E-state index in [2.05, 4.69) is 0 Å². The molecule has 29 heavy (non-hydrogen) atoms. The summed E-state index contributed by atoms with van der Waals surface area (Å²) < 4.78 is 10.5.